The van der Waals surface area contributed by atoms with Crippen molar-refractivity contribution in [2.24, 2.45) is 0 Å². The van der Waals surface area contributed by atoms with Crippen molar-refractivity contribution in [2.75, 3.05) is 14.1 Å². The molecule has 2 N–H and O–H groups in total. The lowest BCUT2D eigenvalue weighted by molar-refractivity contribution is -0.124. The summed E-state index contributed by atoms with van der Waals surface area (Å²) in [6.45, 7) is 1.88. The van der Waals surface area contributed by atoms with Crippen LogP contribution >= 0.6 is 0 Å². The summed E-state index contributed by atoms with van der Waals surface area (Å²) in [4.78, 5) is 25.3. The van der Waals surface area contributed by atoms with Gasteiger partial charge in [0.25, 0.3) is 0 Å². The first-order chi connectivity index (χ1) is 13.7. The van der Waals surface area contributed by atoms with Crippen molar-refractivity contribution in [3.63, 3.8) is 0 Å². The van der Waals surface area contributed by atoms with Gasteiger partial charge in [0, 0.05) is 30.7 Å². The van der Waals surface area contributed by atoms with Gasteiger partial charge in [-0.3, -0.25) is 14.1 Å². The van der Waals surface area contributed by atoms with Crippen molar-refractivity contribution >= 4 is 39.3 Å². The largest absolute Gasteiger partial charge is 0.511 e. The first kappa shape index (κ1) is 21.4. The van der Waals surface area contributed by atoms with Gasteiger partial charge in [0.1, 0.15) is 5.76 Å². The van der Waals surface area contributed by atoms with Gasteiger partial charge in [-0.25, -0.2) is 0 Å². The van der Waals surface area contributed by atoms with Crippen LogP contribution in [0.4, 0.5) is 5.69 Å². The minimum atomic E-state index is -2.12. The second-order valence-corrected chi connectivity index (χ2v) is 9.20. The molecule has 0 amide bonds. The summed E-state index contributed by atoms with van der Waals surface area (Å²) in [7, 11) is 3.30. The molecule has 0 heterocycles. The summed E-state index contributed by atoms with van der Waals surface area (Å²) >= 11 is -2.12. The third-order valence-electron chi connectivity index (χ3n) is 5.54. The zero-order valence-corrected chi connectivity index (χ0v) is 17.7. The molecule has 1 saturated carbocycles. The Balaban J connectivity index is 2.07. The number of hydrogen-bond acceptors (Lipinski definition) is 4. The van der Waals surface area contributed by atoms with Crippen LogP contribution in [-0.2, 0) is 20.9 Å². The molecule has 6 nitrogen and oxygen atoms in total. The van der Waals surface area contributed by atoms with Crippen LogP contribution in [0.1, 0.15) is 44.1 Å². The Bertz CT molecular complexity index is 1020. The van der Waals surface area contributed by atoms with Crippen LogP contribution in [-0.4, -0.2) is 39.5 Å². The highest BCUT2D eigenvalue weighted by Gasteiger charge is 2.35. The lowest BCUT2D eigenvalue weighted by atomic mass is 9.78. The molecule has 1 aliphatic rings. The number of benzene rings is 2. The van der Waals surface area contributed by atoms with Gasteiger partial charge in [-0.1, -0.05) is 31.2 Å². The monoisotopic (exact) mass is 416 g/mol. The first-order valence-electron chi connectivity index (χ1n) is 9.64. The van der Waals surface area contributed by atoms with Crippen LogP contribution in [0.3, 0.4) is 0 Å². The maximum absolute atomic E-state index is 12.6. The van der Waals surface area contributed by atoms with Crippen molar-refractivity contribution < 1.29 is 23.5 Å². The average Bonchev–Trinajstić information content (AvgIpc) is 2.66. The van der Waals surface area contributed by atoms with E-state index in [1.807, 2.05) is 37.3 Å². The SMILES string of the molecule is CCCC(O)=C1C(=O)CC(c2ccc([N+](C)(C)S(=O)O)c3ccccc23)CC1=O. The number of quaternary nitrogens is 1. The number of nitrogens with zero attached hydrogens (tertiary/aromatic N) is 1. The molecule has 154 valence electrons. The summed E-state index contributed by atoms with van der Waals surface area (Å²) in [5.41, 5.74) is 1.50. The Kier molecular flexibility index (Phi) is 6.03. The maximum Gasteiger partial charge on any atom is 0.363 e. The van der Waals surface area contributed by atoms with Crippen LogP contribution < -0.4 is 3.89 Å². The van der Waals surface area contributed by atoms with E-state index in [2.05, 4.69) is 0 Å². The molecule has 7 heteroatoms. The Morgan fingerprint density at radius 1 is 1.07 bits per heavy atom. The molecule has 29 heavy (non-hydrogen) atoms. The van der Waals surface area contributed by atoms with Crippen LogP contribution in [0.5, 0.6) is 0 Å². The minimum Gasteiger partial charge on any atom is -0.511 e. The van der Waals surface area contributed by atoms with E-state index in [1.165, 1.54) is 0 Å². The molecule has 2 aromatic carbocycles. The number of rotatable bonds is 5. The molecule has 0 saturated heterocycles. The third kappa shape index (κ3) is 3.90. The van der Waals surface area contributed by atoms with Gasteiger partial charge in [-0.2, -0.15) is 8.10 Å². The Labute approximate surface area is 172 Å². The van der Waals surface area contributed by atoms with Crippen LogP contribution in [0, 0.1) is 0 Å². The van der Waals surface area contributed by atoms with E-state index >= 15 is 0 Å². The van der Waals surface area contributed by atoms with Crippen molar-refractivity contribution in [1.29, 1.82) is 0 Å². The fourth-order valence-electron chi connectivity index (χ4n) is 4.00. The van der Waals surface area contributed by atoms with E-state index < -0.39 is 11.3 Å². The number of aliphatic hydroxyl groups is 1. The Hall–Kier alpha value is -2.35. The first-order valence-corrected chi connectivity index (χ1v) is 10.7. The molecule has 0 aromatic heterocycles. The molecular formula is C22H26NO5S+. The molecule has 1 unspecified atom stereocenters. The second-order valence-electron chi connectivity index (χ2n) is 7.82. The Morgan fingerprint density at radius 2 is 1.66 bits per heavy atom. The highest BCUT2D eigenvalue weighted by molar-refractivity contribution is 7.78. The quantitative estimate of drug-likeness (QED) is 0.251. The van der Waals surface area contributed by atoms with E-state index in [0.717, 1.165) is 16.3 Å². The molecule has 1 fully saturated rings. The van der Waals surface area contributed by atoms with E-state index in [-0.39, 0.29) is 45.5 Å². The number of aliphatic hydroxyl groups excluding tert-OH is 1. The third-order valence-corrected chi connectivity index (χ3v) is 6.52. The number of Topliss-reactive ketones (excluding diaryl/α,β-unsaturated/α-hetero) is 2. The highest BCUT2D eigenvalue weighted by atomic mass is 32.2. The highest BCUT2D eigenvalue weighted by Crippen LogP contribution is 2.40. The summed E-state index contributed by atoms with van der Waals surface area (Å²) in [6, 6.07) is 11.2. The summed E-state index contributed by atoms with van der Waals surface area (Å²) in [6.07, 6.45) is 1.29. The minimum absolute atomic E-state index is 0.0440. The molecule has 0 aliphatic heterocycles. The lowest BCUT2D eigenvalue weighted by Crippen LogP contribution is -2.42. The van der Waals surface area contributed by atoms with Crippen molar-refractivity contribution in [2.45, 2.75) is 38.5 Å². The van der Waals surface area contributed by atoms with E-state index in [0.29, 0.717) is 18.5 Å². The molecule has 0 spiro atoms. The molecular weight excluding hydrogens is 390 g/mol. The predicted molar refractivity (Wildman–Crippen MR) is 115 cm³/mol. The van der Waals surface area contributed by atoms with Gasteiger partial charge < -0.3 is 5.11 Å². The number of hydrogen-bond donors (Lipinski definition) is 2. The number of allylic oxidation sites excluding steroid dienone is 2. The number of carbonyl (C=O) groups excluding carboxylic acids is 2. The van der Waals surface area contributed by atoms with Crippen LogP contribution in [0.2, 0.25) is 0 Å². The lowest BCUT2D eigenvalue weighted by Gasteiger charge is -2.27. The number of ketones is 2. The molecule has 0 radical (unpaired) electrons. The van der Waals surface area contributed by atoms with E-state index in [9.17, 15) is 23.5 Å². The smallest absolute Gasteiger partial charge is 0.363 e. The Morgan fingerprint density at radius 3 is 2.21 bits per heavy atom. The maximum atomic E-state index is 12.6. The van der Waals surface area contributed by atoms with Gasteiger partial charge in [0.15, 0.2) is 17.3 Å². The fraction of sp³-hybridized carbons (Fsp3) is 0.364. The molecule has 3 rings (SSSR count). The molecule has 1 aliphatic carbocycles. The van der Waals surface area contributed by atoms with E-state index in [1.54, 1.807) is 20.2 Å². The van der Waals surface area contributed by atoms with Gasteiger partial charge in [0.05, 0.1) is 19.7 Å². The zero-order chi connectivity index (χ0) is 21.3. The molecule has 2 aromatic rings. The summed E-state index contributed by atoms with van der Waals surface area (Å²) < 4.78 is 21.4. The predicted octanol–water partition coefficient (Wildman–Crippen LogP) is 4.17. The van der Waals surface area contributed by atoms with Gasteiger partial charge in [-0.15, -0.1) is 0 Å². The molecule has 1 atom stereocenters. The van der Waals surface area contributed by atoms with Gasteiger partial charge >= 0.3 is 11.3 Å². The van der Waals surface area contributed by atoms with Crippen molar-refractivity contribution in [3.8, 4) is 0 Å². The van der Waals surface area contributed by atoms with Gasteiger partial charge in [0.2, 0.25) is 0 Å². The average molecular weight is 417 g/mol. The summed E-state index contributed by atoms with van der Waals surface area (Å²) in [5.74, 6) is -1.04. The normalized spacial score (nSPS) is 18.9. The summed E-state index contributed by atoms with van der Waals surface area (Å²) in [5, 5.41) is 11.8. The fourth-order valence-corrected chi connectivity index (χ4v) is 4.33. The molecule has 0 bridgehead atoms. The van der Waals surface area contributed by atoms with Crippen LogP contribution in [0.25, 0.3) is 10.8 Å². The topological polar surface area (TPSA) is 91.7 Å². The zero-order valence-electron chi connectivity index (χ0n) is 16.8. The number of carbonyl (C=O) groups is 2. The van der Waals surface area contributed by atoms with Gasteiger partial charge in [-0.05, 0) is 29.4 Å². The number of fused-ring (bicyclic) bond motifs is 1. The van der Waals surface area contributed by atoms with Crippen molar-refractivity contribution in [3.05, 3.63) is 53.3 Å². The van der Waals surface area contributed by atoms with Crippen molar-refractivity contribution in [1.82, 2.24) is 3.89 Å². The van der Waals surface area contributed by atoms with E-state index in [4.69, 9.17) is 0 Å². The second kappa shape index (κ2) is 8.18. The standard InChI is InChI=1S/C22H25NO5S/c1-4-7-19(24)22-20(25)12-14(13-21(22)26)15-10-11-18(23(2,3)29(27)28)17-9-6-5-8-16(15)17/h5-6,8-11,14H,4,7,12-13H2,1-3H3,(H-,24,25,26,27,28)/p+1. The van der Waals surface area contributed by atoms with Crippen LogP contribution in [0.15, 0.2) is 47.7 Å².